The zero-order chi connectivity index (χ0) is 9.78. The van der Waals surface area contributed by atoms with Crippen molar-refractivity contribution in [1.82, 2.24) is 5.32 Å². The number of rotatable bonds is 4. The highest BCUT2D eigenvalue weighted by molar-refractivity contribution is 5.87. The van der Waals surface area contributed by atoms with E-state index in [-0.39, 0.29) is 17.5 Å². The van der Waals surface area contributed by atoms with E-state index in [4.69, 9.17) is 5.73 Å². The van der Waals surface area contributed by atoms with Crippen LogP contribution in [-0.4, -0.2) is 17.5 Å². The molecule has 0 fully saturated rings. The quantitative estimate of drug-likeness (QED) is 0.613. The summed E-state index contributed by atoms with van der Waals surface area (Å²) in [6.45, 7) is 9.18. The lowest BCUT2D eigenvalue weighted by Gasteiger charge is -2.27. The molecule has 0 aliphatic carbocycles. The Morgan fingerprint density at radius 3 is 2.58 bits per heavy atom. The summed E-state index contributed by atoms with van der Waals surface area (Å²) in [5, 5.41) is 2.80. The Labute approximate surface area is 74.0 Å². The van der Waals surface area contributed by atoms with Gasteiger partial charge in [0.1, 0.15) is 0 Å². The van der Waals surface area contributed by atoms with Crippen molar-refractivity contribution in [2.24, 2.45) is 5.73 Å². The van der Waals surface area contributed by atoms with Crippen molar-refractivity contribution in [3.05, 3.63) is 12.7 Å². The van der Waals surface area contributed by atoms with Crippen molar-refractivity contribution in [2.45, 2.75) is 38.8 Å². The van der Waals surface area contributed by atoms with Crippen LogP contribution >= 0.6 is 0 Å². The van der Waals surface area contributed by atoms with Gasteiger partial charge in [0.15, 0.2) is 0 Å². The zero-order valence-corrected chi connectivity index (χ0v) is 8.05. The molecule has 0 saturated heterocycles. The van der Waals surface area contributed by atoms with E-state index in [0.29, 0.717) is 0 Å². The van der Waals surface area contributed by atoms with Gasteiger partial charge in [-0.3, -0.25) is 4.79 Å². The summed E-state index contributed by atoms with van der Waals surface area (Å²) in [6, 6.07) is 0.0881. The minimum atomic E-state index is -0.251. The Balaban J connectivity index is 4.02. The Kier molecular flexibility index (Phi) is 3.96. The maximum atomic E-state index is 10.9. The minimum absolute atomic E-state index is 0.0881. The Morgan fingerprint density at radius 1 is 1.75 bits per heavy atom. The largest absolute Gasteiger partial charge is 0.348 e. The third-order valence-corrected chi connectivity index (χ3v) is 1.48. The molecule has 70 valence electrons. The summed E-state index contributed by atoms with van der Waals surface area (Å²) in [5.41, 5.74) is 5.37. The Morgan fingerprint density at radius 2 is 2.25 bits per heavy atom. The Hall–Kier alpha value is -0.830. The molecule has 0 bridgehead atoms. The van der Waals surface area contributed by atoms with E-state index >= 15 is 0 Å². The molecule has 0 aromatic carbocycles. The van der Waals surface area contributed by atoms with Gasteiger partial charge in [-0.25, -0.2) is 0 Å². The van der Waals surface area contributed by atoms with Crippen LogP contribution < -0.4 is 11.1 Å². The van der Waals surface area contributed by atoms with Crippen LogP contribution in [0.25, 0.3) is 0 Å². The van der Waals surface area contributed by atoms with Gasteiger partial charge < -0.3 is 11.1 Å². The van der Waals surface area contributed by atoms with Gasteiger partial charge in [0, 0.05) is 11.6 Å². The second-order valence-electron chi connectivity index (χ2n) is 3.76. The summed E-state index contributed by atoms with van der Waals surface area (Å²) in [7, 11) is 0. The number of hydrogen-bond acceptors (Lipinski definition) is 2. The molecule has 0 heterocycles. The molecule has 12 heavy (non-hydrogen) atoms. The van der Waals surface area contributed by atoms with Gasteiger partial charge in [0.2, 0.25) is 5.91 Å². The molecule has 3 N–H and O–H groups in total. The molecule has 0 aliphatic rings. The topological polar surface area (TPSA) is 55.1 Å². The zero-order valence-electron chi connectivity index (χ0n) is 8.05. The van der Waals surface area contributed by atoms with Crippen molar-refractivity contribution in [2.75, 3.05) is 0 Å². The molecule has 0 spiro atoms. The van der Waals surface area contributed by atoms with Gasteiger partial charge in [0.25, 0.3) is 0 Å². The number of nitrogens with two attached hydrogens (primary N) is 1. The van der Waals surface area contributed by atoms with E-state index in [9.17, 15) is 4.79 Å². The number of amides is 1. The average Bonchev–Trinajstić information content (AvgIpc) is 1.83. The minimum Gasteiger partial charge on any atom is -0.348 e. The molecule has 1 atom stereocenters. The molecule has 3 nitrogen and oxygen atoms in total. The summed E-state index contributed by atoms with van der Waals surface area (Å²) in [5.74, 6) is -0.152. The fraction of sp³-hybridized carbons (Fsp3) is 0.667. The second-order valence-corrected chi connectivity index (χ2v) is 3.76. The van der Waals surface area contributed by atoms with E-state index in [1.807, 2.05) is 20.8 Å². The number of carbonyl (C=O) groups is 1. The van der Waals surface area contributed by atoms with Crippen molar-refractivity contribution in [3.8, 4) is 0 Å². The highest BCUT2D eigenvalue weighted by Crippen LogP contribution is 2.09. The van der Waals surface area contributed by atoms with E-state index in [1.54, 1.807) is 0 Å². The maximum Gasteiger partial charge on any atom is 0.243 e. The first-order valence-electron chi connectivity index (χ1n) is 4.07. The molecular formula is C9H18N2O. The molecule has 0 aromatic heterocycles. The van der Waals surface area contributed by atoms with Crippen LogP contribution in [0.5, 0.6) is 0 Å². The third kappa shape index (κ3) is 4.91. The fourth-order valence-corrected chi connectivity index (χ4v) is 1.24. The molecule has 0 rings (SSSR count). The van der Waals surface area contributed by atoms with Crippen LogP contribution in [0.1, 0.15) is 27.2 Å². The number of nitrogens with one attached hydrogen (secondary N) is 1. The average molecular weight is 170 g/mol. The second kappa shape index (κ2) is 4.26. The monoisotopic (exact) mass is 170 g/mol. The van der Waals surface area contributed by atoms with Crippen LogP contribution in [0.15, 0.2) is 12.7 Å². The van der Waals surface area contributed by atoms with Gasteiger partial charge >= 0.3 is 0 Å². The van der Waals surface area contributed by atoms with E-state index in [0.717, 1.165) is 6.42 Å². The standard InChI is InChI=1S/C9H18N2O/c1-5-8(12)11-9(3,4)6-7(2)10/h5,7H,1,6,10H2,2-4H3,(H,11,12). The van der Waals surface area contributed by atoms with Crippen molar-refractivity contribution in [1.29, 1.82) is 0 Å². The summed E-state index contributed by atoms with van der Waals surface area (Å²) in [4.78, 5) is 10.9. The van der Waals surface area contributed by atoms with E-state index in [1.165, 1.54) is 6.08 Å². The van der Waals surface area contributed by atoms with Crippen molar-refractivity contribution >= 4 is 5.91 Å². The summed E-state index contributed by atoms with van der Waals surface area (Å²) in [6.07, 6.45) is 2.02. The predicted molar refractivity (Wildman–Crippen MR) is 50.7 cm³/mol. The van der Waals surface area contributed by atoms with Gasteiger partial charge in [-0.1, -0.05) is 6.58 Å². The highest BCUT2D eigenvalue weighted by Gasteiger charge is 2.20. The molecule has 0 radical (unpaired) electrons. The first kappa shape index (κ1) is 11.2. The molecule has 1 amide bonds. The molecule has 3 heteroatoms. The van der Waals surface area contributed by atoms with Crippen LogP contribution in [-0.2, 0) is 4.79 Å². The van der Waals surface area contributed by atoms with Crippen LogP contribution in [0.2, 0.25) is 0 Å². The first-order valence-corrected chi connectivity index (χ1v) is 4.07. The van der Waals surface area contributed by atoms with Crippen molar-refractivity contribution < 1.29 is 4.79 Å². The van der Waals surface area contributed by atoms with E-state index in [2.05, 4.69) is 11.9 Å². The molecule has 1 unspecified atom stereocenters. The Bertz CT molecular complexity index is 173. The smallest absolute Gasteiger partial charge is 0.243 e. The van der Waals surface area contributed by atoms with Crippen LogP contribution in [0.3, 0.4) is 0 Å². The van der Waals surface area contributed by atoms with Gasteiger partial charge in [0.05, 0.1) is 0 Å². The summed E-state index contributed by atoms with van der Waals surface area (Å²) >= 11 is 0. The molecule has 0 saturated carbocycles. The fourth-order valence-electron chi connectivity index (χ4n) is 1.24. The van der Waals surface area contributed by atoms with E-state index < -0.39 is 0 Å². The predicted octanol–water partition coefficient (Wildman–Crippen LogP) is 0.804. The van der Waals surface area contributed by atoms with Crippen LogP contribution in [0.4, 0.5) is 0 Å². The van der Waals surface area contributed by atoms with Crippen molar-refractivity contribution in [3.63, 3.8) is 0 Å². The SMILES string of the molecule is C=CC(=O)NC(C)(C)CC(C)N. The third-order valence-electron chi connectivity index (χ3n) is 1.48. The lowest BCUT2D eigenvalue weighted by Crippen LogP contribution is -2.45. The highest BCUT2D eigenvalue weighted by atomic mass is 16.1. The lowest BCUT2D eigenvalue weighted by atomic mass is 9.96. The van der Waals surface area contributed by atoms with Gasteiger partial charge in [-0.05, 0) is 33.3 Å². The first-order chi connectivity index (χ1) is 5.37. The molecule has 0 aliphatic heterocycles. The normalized spacial score (nSPS) is 13.7. The number of carbonyl (C=O) groups excluding carboxylic acids is 1. The molecule has 0 aromatic rings. The van der Waals surface area contributed by atoms with Crippen LogP contribution in [0, 0.1) is 0 Å². The summed E-state index contributed by atoms with van der Waals surface area (Å²) < 4.78 is 0. The number of hydrogen-bond donors (Lipinski definition) is 2. The lowest BCUT2D eigenvalue weighted by molar-refractivity contribution is -0.118. The maximum absolute atomic E-state index is 10.9. The van der Waals surface area contributed by atoms with Gasteiger partial charge in [-0.15, -0.1) is 0 Å². The molecular weight excluding hydrogens is 152 g/mol. The van der Waals surface area contributed by atoms with Gasteiger partial charge in [-0.2, -0.15) is 0 Å².